The predicted molar refractivity (Wildman–Crippen MR) is 104 cm³/mol. The minimum atomic E-state index is -0.835. The molecule has 0 aliphatic heterocycles. The van der Waals surface area contributed by atoms with E-state index in [-0.39, 0.29) is 23.6 Å². The number of ether oxygens (including phenoxy) is 2. The maximum absolute atomic E-state index is 12.2. The molecule has 28 heavy (non-hydrogen) atoms. The van der Waals surface area contributed by atoms with Crippen LogP contribution in [0.1, 0.15) is 34.0 Å². The van der Waals surface area contributed by atoms with E-state index in [4.69, 9.17) is 9.47 Å². The molecule has 1 amide bonds. The average Bonchev–Trinajstić information content (AvgIpc) is 2.63. The number of aryl methyl sites for hydroxylation is 3. The summed E-state index contributed by atoms with van der Waals surface area (Å²) < 4.78 is 10.2. The number of amides is 1. The van der Waals surface area contributed by atoms with E-state index in [1.165, 1.54) is 12.1 Å². The highest BCUT2D eigenvalue weighted by molar-refractivity contribution is 5.96. The summed E-state index contributed by atoms with van der Waals surface area (Å²) in [7, 11) is 0. The van der Waals surface area contributed by atoms with Gasteiger partial charge in [0.2, 0.25) is 0 Å². The van der Waals surface area contributed by atoms with Crippen LogP contribution in [0.4, 0.5) is 11.4 Å². The summed E-state index contributed by atoms with van der Waals surface area (Å²) in [6.07, 6.45) is 0. The smallest absolute Gasteiger partial charge is 0.338 e. The largest absolute Gasteiger partial charge is 0.487 e. The zero-order chi connectivity index (χ0) is 20.8. The van der Waals surface area contributed by atoms with E-state index in [1.807, 2.05) is 32.9 Å². The second kappa shape index (κ2) is 8.98. The maximum atomic E-state index is 12.2. The summed E-state index contributed by atoms with van der Waals surface area (Å²) >= 11 is 0. The number of nitrogens with one attached hydrogen (secondary N) is 1. The van der Waals surface area contributed by atoms with E-state index in [1.54, 1.807) is 6.92 Å². The van der Waals surface area contributed by atoms with E-state index in [2.05, 4.69) is 5.32 Å². The van der Waals surface area contributed by atoms with Gasteiger partial charge in [-0.2, -0.15) is 0 Å². The number of nitro groups is 1. The molecular weight excluding hydrogens is 364 g/mol. The molecule has 0 radical (unpaired) electrons. The van der Waals surface area contributed by atoms with Crippen LogP contribution < -0.4 is 10.1 Å². The Bertz CT molecular complexity index is 900. The summed E-state index contributed by atoms with van der Waals surface area (Å²) in [5.74, 6) is -1.27. The number of anilines is 1. The molecule has 0 aliphatic rings. The van der Waals surface area contributed by atoms with Crippen molar-refractivity contribution in [3.63, 3.8) is 0 Å². The third-order valence-corrected chi connectivity index (χ3v) is 3.97. The Morgan fingerprint density at radius 1 is 1.11 bits per heavy atom. The van der Waals surface area contributed by atoms with Crippen molar-refractivity contribution in [3.05, 3.63) is 62.7 Å². The zero-order valence-electron chi connectivity index (χ0n) is 16.2. The van der Waals surface area contributed by atoms with E-state index in [9.17, 15) is 19.7 Å². The number of benzene rings is 2. The molecule has 0 saturated carbocycles. The van der Waals surface area contributed by atoms with Gasteiger partial charge in [-0.3, -0.25) is 14.9 Å². The lowest BCUT2D eigenvalue weighted by atomic mass is 10.1. The fraction of sp³-hybridized carbons (Fsp3) is 0.300. The first kappa shape index (κ1) is 20.9. The predicted octanol–water partition coefficient (Wildman–Crippen LogP) is 3.71. The molecule has 2 aromatic carbocycles. The topological polar surface area (TPSA) is 108 Å². The van der Waals surface area contributed by atoms with Crippen LogP contribution in [0.15, 0.2) is 30.3 Å². The Morgan fingerprint density at radius 3 is 2.32 bits per heavy atom. The van der Waals surface area contributed by atoms with Crippen molar-refractivity contribution >= 4 is 23.3 Å². The highest BCUT2D eigenvalue weighted by Crippen LogP contribution is 2.28. The van der Waals surface area contributed by atoms with Crippen molar-refractivity contribution in [2.24, 2.45) is 0 Å². The first-order chi connectivity index (χ1) is 13.2. The number of nitrogens with zero attached hydrogens (tertiary/aromatic N) is 1. The quantitative estimate of drug-likeness (QED) is 0.441. The normalized spacial score (nSPS) is 10.3. The van der Waals surface area contributed by atoms with Crippen molar-refractivity contribution in [2.45, 2.75) is 27.7 Å². The summed E-state index contributed by atoms with van der Waals surface area (Å²) in [6, 6.07) is 7.63. The molecule has 1 N–H and O–H groups in total. The molecule has 0 spiro atoms. The van der Waals surface area contributed by atoms with Gasteiger partial charge in [-0.15, -0.1) is 0 Å². The van der Waals surface area contributed by atoms with Gasteiger partial charge in [-0.05, 0) is 51.0 Å². The average molecular weight is 386 g/mol. The lowest BCUT2D eigenvalue weighted by molar-refractivity contribution is -0.385. The maximum Gasteiger partial charge on any atom is 0.338 e. The molecule has 0 fully saturated rings. The molecule has 0 bridgehead atoms. The Kier molecular flexibility index (Phi) is 6.70. The van der Waals surface area contributed by atoms with Gasteiger partial charge < -0.3 is 14.8 Å². The number of hydrogen-bond acceptors (Lipinski definition) is 6. The highest BCUT2D eigenvalue weighted by Gasteiger charge is 2.20. The fourth-order valence-electron chi connectivity index (χ4n) is 2.83. The third-order valence-electron chi connectivity index (χ3n) is 3.97. The van der Waals surface area contributed by atoms with Crippen molar-refractivity contribution < 1.29 is 24.0 Å². The number of nitro benzene ring substituents is 1. The Hall–Kier alpha value is -3.42. The third kappa shape index (κ3) is 5.06. The monoisotopic (exact) mass is 386 g/mol. The van der Waals surface area contributed by atoms with Gasteiger partial charge >= 0.3 is 11.7 Å². The molecule has 148 valence electrons. The Balaban J connectivity index is 2.05. The number of carbonyl (C=O) groups excluding carboxylic acids is 2. The number of hydrogen-bond donors (Lipinski definition) is 1. The van der Waals surface area contributed by atoms with Crippen LogP contribution in [-0.4, -0.2) is 30.0 Å². The van der Waals surface area contributed by atoms with Crippen molar-refractivity contribution in [3.8, 4) is 5.75 Å². The fourth-order valence-corrected chi connectivity index (χ4v) is 2.83. The molecule has 8 heteroatoms. The Morgan fingerprint density at radius 2 is 1.75 bits per heavy atom. The minimum Gasteiger partial charge on any atom is -0.487 e. The van der Waals surface area contributed by atoms with E-state index in [0.717, 1.165) is 22.8 Å². The summed E-state index contributed by atoms with van der Waals surface area (Å²) in [4.78, 5) is 34.8. The van der Waals surface area contributed by atoms with Crippen LogP contribution in [-0.2, 0) is 9.53 Å². The van der Waals surface area contributed by atoms with Crippen LogP contribution in [0.3, 0.4) is 0 Å². The van der Waals surface area contributed by atoms with Gasteiger partial charge in [0.25, 0.3) is 5.91 Å². The zero-order valence-corrected chi connectivity index (χ0v) is 16.2. The summed E-state index contributed by atoms with van der Waals surface area (Å²) in [5.41, 5.74) is 3.18. The van der Waals surface area contributed by atoms with Gasteiger partial charge in [-0.25, -0.2) is 4.79 Å². The molecular formula is C20H22N2O6. The van der Waals surface area contributed by atoms with E-state index < -0.39 is 23.4 Å². The van der Waals surface area contributed by atoms with Crippen molar-refractivity contribution in [1.29, 1.82) is 0 Å². The van der Waals surface area contributed by atoms with Gasteiger partial charge in [0.1, 0.15) is 0 Å². The molecule has 0 aromatic heterocycles. The Labute approximate surface area is 162 Å². The van der Waals surface area contributed by atoms with Gasteiger partial charge in [0.15, 0.2) is 12.4 Å². The van der Waals surface area contributed by atoms with Crippen molar-refractivity contribution in [2.75, 3.05) is 18.5 Å². The van der Waals surface area contributed by atoms with Gasteiger partial charge in [0.05, 0.1) is 17.1 Å². The molecule has 0 atom stereocenters. The lowest BCUT2D eigenvalue weighted by Gasteiger charge is -2.13. The molecule has 2 rings (SSSR count). The molecule has 2 aromatic rings. The van der Waals surface area contributed by atoms with Gasteiger partial charge in [-0.1, -0.05) is 17.7 Å². The minimum absolute atomic E-state index is 0.0364. The standard InChI is InChI=1S/C20H22N2O6/c1-5-27-17-7-6-15(10-16(17)22(25)26)20(24)28-11-18(23)21-19-13(3)8-12(2)9-14(19)4/h6-10H,5,11H2,1-4H3,(H,21,23). The summed E-state index contributed by atoms with van der Waals surface area (Å²) in [6.45, 7) is 7.15. The first-order valence-electron chi connectivity index (χ1n) is 8.69. The van der Waals surface area contributed by atoms with Gasteiger partial charge in [0, 0.05) is 11.8 Å². The van der Waals surface area contributed by atoms with E-state index >= 15 is 0 Å². The van der Waals surface area contributed by atoms with Crippen LogP contribution in [0.5, 0.6) is 5.75 Å². The lowest BCUT2D eigenvalue weighted by Crippen LogP contribution is -2.22. The SMILES string of the molecule is CCOc1ccc(C(=O)OCC(=O)Nc2c(C)cc(C)cc2C)cc1[N+](=O)[O-]. The summed E-state index contributed by atoms with van der Waals surface area (Å²) in [5, 5.41) is 13.9. The number of carbonyl (C=O) groups is 2. The van der Waals surface area contributed by atoms with Crippen molar-refractivity contribution in [1.82, 2.24) is 0 Å². The second-order valence-corrected chi connectivity index (χ2v) is 6.27. The second-order valence-electron chi connectivity index (χ2n) is 6.27. The van der Waals surface area contributed by atoms with Crippen LogP contribution in [0.2, 0.25) is 0 Å². The van der Waals surface area contributed by atoms with Crippen LogP contribution in [0.25, 0.3) is 0 Å². The molecule has 8 nitrogen and oxygen atoms in total. The molecule has 0 unspecified atom stereocenters. The number of esters is 1. The first-order valence-corrected chi connectivity index (χ1v) is 8.69. The molecule has 0 heterocycles. The van der Waals surface area contributed by atoms with E-state index in [0.29, 0.717) is 5.69 Å². The van der Waals surface area contributed by atoms with Crippen LogP contribution in [0, 0.1) is 30.9 Å². The highest BCUT2D eigenvalue weighted by atomic mass is 16.6. The number of rotatable bonds is 7. The molecule has 0 saturated heterocycles. The van der Waals surface area contributed by atoms with Crippen LogP contribution >= 0.6 is 0 Å². The molecule has 0 aliphatic carbocycles.